The molecule has 0 aliphatic heterocycles. The van der Waals surface area contributed by atoms with Crippen LogP contribution in [0.25, 0.3) is 5.41 Å². The fourth-order valence-corrected chi connectivity index (χ4v) is 7.99. The van der Waals surface area contributed by atoms with Gasteiger partial charge in [-0.05, 0) is 70.2 Å². The third-order valence-corrected chi connectivity index (χ3v) is 10.7. The second-order valence-corrected chi connectivity index (χ2v) is 15.4. The molecule has 1 amide bonds. The number of hydrogen-bond acceptors (Lipinski definition) is 5. The molecule has 0 fully saturated rings. The Labute approximate surface area is 390 Å². The zero-order valence-corrected chi connectivity index (χ0v) is 37.4. The summed E-state index contributed by atoms with van der Waals surface area (Å²) in [6, 6.07) is 70.1. The molecule has 1 radical (unpaired) electrons. The Hall–Kier alpha value is -7.21. The maximum Gasteiger partial charge on any atom is 2.00 e. The molecule has 0 saturated heterocycles. The van der Waals surface area contributed by atoms with E-state index in [2.05, 4.69) is 245 Å². The smallest absolute Gasteiger partial charge is 0.753 e. The Balaban J connectivity index is 0.000000700. The zero-order chi connectivity index (χ0) is 43.8. The molecule has 9 nitrogen and oxygen atoms in total. The molecule has 0 bridgehead atoms. The van der Waals surface area contributed by atoms with Crippen LogP contribution in [0.5, 0.6) is 0 Å². The Morgan fingerprint density at radius 1 is 0.469 bits per heavy atom. The number of rotatable bonds is 13. The van der Waals surface area contributed by atoms with Gasteiger partial charge >= 0.3 is 23.9 Å². The van der Waals surface area contributed by atoms with Crippen LogP contribution in [0.4, 0.5) is 0 Å². The van der Waals surface area contributed by atoms with E-state index in [-0.39, 0.29) is 34.5 Å². The molecule has 0 unspecified atom stereocenters. The molecule has 3 aromatic heterocycles. The Bertz CT molecular complexity index is 2380. The van der Waals surface area contributed by atoms with Crippen molar-refractivity contribution in [1.29, 1.82) is 0 Å². The first-order chi connectivity index (χ1) is 31.0. The predicted molar refractivity (Wildman–Crippen MR) is 257 cm³/mol. The van der Waals surface area contributed by atoms with Gasteiger partial charge in [0.2, 0.25) is 6.41 Å². The third-order valence-electron chi connectivity index (χ3n) is 10.7. The van der Waals surface area contributed by atoms with Gasteiger partial charge in [0.15, 0.2) is 0 Å². The van der Waals surface area contributed by atoms with Gasteiger partial charge in [-0.1, -0.05) is 194 Å². The summed E-state index contributed by atoms with van der Waals surface area (Å²) in [5.41, 5.74) is 10.0. The van der Waals surface area contributed by atoms with Crippen molar-refractivity contribution in [2.45, 2.75) is 17.8 Å². The number of benzene rings is 6. The van der Waals surface area contributed by atoms with Gasteiger partial charge in [-0.2, -0.15) is 5.16 Å². The molecule has 3 heterocycles. The van der Waals surface area contributed by atoms with Gasteiger partial charge in [-0.3, -0.25) is 4.79 Å². The van der Waals surface area contributed by atoms with E-state index in [1.165, 1.54) is 43.4 Å². The number of carbonyl (C=O) groups excluding carboxylic acids is 1. The van der Waals surface area contributed by atoms with Crippen molar-refractivity contribution in [3.8, 4) is 0 Å². The van der Waals surface area contributed by atoms with E-state index in [0.717, 1.165) is 23.5 Å². The van der Waals surface area contributed by atoms with Gasteiger partial charge in [0.25, 0.3) is 0 Å². The molecule has 12 heteroatoms. The summed E-state index contributed by atoms with van der Waals surface area (Å²) in [7, 11) is 1.65. The summed E-state index contributed by atoms with van der Waals surface area (Å²) < 4.78 is 6.21. The summed E-state index contributed by atoms with van der Waals surface area (Å²) in [6.07, 6.45) is 7.03. The van der Waals surface area contributed by atoms with E-state index in [4.69, 9.17) is 20.7 Å². The van der Waals surface area contributed by atoms with Crippen molar-refractivity contribution in [1.82, 2.24) is 34.0 Å². The zero-order valence-electron chi connectivity index (χ0n) is 35.5. The van der Waals surface area contributed by atoms with Crippen LogP contribution in [0.15, 0.2) is 219 Å². The molecule has 6 aromatic carbocycles. The molecule has 319 valence electrons. The van der Waals surface area contributed by atoms with Crippen LogP contribution in [-0.2, 0) is 21.6 Å². The summed E-state index contributed by atoms with van der Waals surface area (Å²) in [5, 5.41) is 24.6. The quantitative estimate of drug-likeness (QED) is 0.0497. The average Bonchev–Trinajstić information content (AvgIpc) is 4.13. The molecule has 64 heavy (non-hydrogen) atoms. The van der Waals surface area contributed by atoms with Crippen LogP contribution >= 0.6 is 12.2 Å². The van der Waals surface area contributed by atoms with Crippen molar-refractivity contribution in [2.75, 3.05) is 14.1 Å². The topological polar surface area (TPSA) is 96.1 Å². The van der Waals surface area contributed by atoms with Crippen LogP contribution in [0, 0.1) is 0 Å². The average molecular weight is 902 g/mol. The first-order valence-corrected chi connectivity index (χ1v) is 21.1. The number of aromatic nitrogens is 6. The van der Waals surface area contributed by atoms with Crippen molar-refractivity contribution in [3.05, 3.63) is 275 Å². The number of thiocarbonyl (C=S) groups is 1. The summed E-state index contributed by atoms with van der Waals surface area (Å²) >= 11 is 3.70. The van der Waals surface area contributed by atoms with Crippen LogP contribution in [0.1, 0.15) is 68.2 Å². The molecule has 0 aliphatic rings. The largest absolute Gasteiger partial charge is 2.00 e. The van der Waals surface area contributed by atoms with E-state index in [0.29, 0.717) is 0 Å². The Kier molecular flexibility index (Phi) is 16.9. The van der Waals surface area contributed by atoms with E-state index >= 15 is 0 Å². The van der Waals surface area contributed by atoms with Crippen molar-refractivity contribution in [3.63, 3.8) is 0 Å². The van der Waals surface area contributed by atoms with Crippen molar-refractivity contribution < 1.29 is 21.6 Å². The van der Waals surface area contributed by atoms with Gasteiger partial charge in [-0.25, -0.2) is 15.3 Å². The molecule has 0 aliphatic carbocycles. The standard InChI is InChI=1S/C48H40BN6.C3H7NO.CNS.Co/c1-7-19-37(20-8-1)46(38-21-9-2-10-22-38)43-31-34-53(50-43)49(54-35-32-44(51-54)47(39-23-11-3-12-24-39)40-25-13-4-14-26-40)55-36-33-45(52-55)48(41-27-15-5-16-28-41)42-29-17-6-18-30-42;1-4(2)3-5;2-1-3;/h1-36,46-49H;3H,1-2H3;;/q-1;;-1;+2. The monoisotopic (exact) mass is 901 g/mol. The molecular weight excluding hydrogens is 854 g/mol. The van der Waals surface area contributed by atoms with Crippen LogP contribution in [-0.4, -0.2) is 66.8 Å². The summed E-state index contributed by atoms with van der Waals surface area (Å²) in [6.45, 7) is 0. The van der Waals surface area contributed by atoms with Gasteiger partial charge in [0.05, 0.1) is 34.8 Å². The predicted octanol–water partition coefficient (Wildman–Crippen LogP) is 9.84. The minimum absolute atomic E-state index is 0. The minimum atomic E-state index is -1.72. The molecule has 0 atom stereocenters. The maximum atomic E-state index is 9.43. The van der Waals surface area contributed by atoms with E-state index in [9.17, 15) is 4.79 Å². The molecule has 9 aromatic rings. The molecule has 0 spiro atoms. The molecule has 0 N–H and O–H groups in total. The van der Waals surface area contributed by atoms with Crippen molar-refractivity contribution >= 4 is 30.9 Å². The van der Waals surface area contributed by atoms with Crippen LogP contribution in [0.3, 0.4) is 0 Å². The number of nitrogens with zero attached hydrogens (tertiary/aromatic N) is 8. The second kappa shape index (κ2) is 23.3. The van der Waals surface area contributed by atoms with Crippen molar-refractivity contribution in [2.24, 2.45) is 0 Å². The van der Waals surface area contributed by atoms with Crippen LogP contribution < -0.4 is 0 Å². The van der Waals surface area contributed by atoms with E-state index < -0.39 is 7.12 Å². The number of amides is 1. The fourth-order valence-electron chi connectivity index (χ4n) is 7.99. The number of carbonyl (C=O) groups is 1. The first-order valence-electron chi connectivity index (χ1n) is 20.7. The van der Waals surface area contributed by atoms with E-state index in [1.54, 1.807) is 14.1 Å². The van der Waals surface area contributed by atoms with Gasteiger partial charge in [-0.15, -0.1) is 0 Å². The van der Waals surface area contributed by atoms with E-state index in [1.807, 2.05) is 0 Å². The fraction of sp³-hybridized carbons (Fsp3) is 0.0962. The molecule has 9 rings (SSSR count). The van der Waals surface area contributed by atoms with Gasteiger partial charge in [0, 0.05) is 14.1 Å². The number of isothiocyanates is 1. The molecule has 0 saturated carbocycles. The van der Waals surface area contributed by atoms with Gasteiger partial charge in [0.1, 0.15) is 0 Å². The summed E-state index contributed by atoms with van der Waals surface area (Å²) in [5.74, 6) is -0.108. The number of hydrogen-bond donors (Lipinski definition) is 0. The summed E-state index contributed by atoms with van der Waals surface area (Å²) in [4.78, 5) is 10.9. The molecular formula is C52H47BCoN8OS. The Morgan fingerprint density at radius 3 is 0.828 bits per heavy atom. The van der Waals surface area contributed by atoms with Crippen LogP contribution in [0.2, 0.25) is 0 Å². The SMILES string of the molecule is CN(C)C=O.[Co+2].[N-]=C=S.c1ccc(C(c2ccccc2)c2ccn([BH-](n3ccc(C(c4ccccc4)c4ccccc4)n3)n3ccc(C(c4ccccc4)c4ccccc4)n3)n2)cc1. The van der Waals surface area contributed by atoms with Gasteiger partial charge < -0.3 is 24.1 Å². The second-order valence-electron chi connectivity index (χ2n) is 15.2. The Morgan fingerprint density at radius 2 is 0.656 bits per heavy atom. The third kappa shape index (κ3) is 11.4. The maximum absolute atomic E-state index is 9.43. The normalized spacial score (nSPS) is 10.6. The first kappa shape index (κ1) is 46.3. The minimum Gasteiger partial charge on any atom is -0.753 e.